The van der Waals surface area contributed by atoms with Crippen molar-refractivity contribution < 1.29 is 17.6 Å². The minimum absolute atomic E-state index is 0.0154. The molecule has 0 bridgehead atoms. The molecule has 3 rings (SSSR count). The van der Waals surface area contributed by atoms with Gasteiger partial charge in [-0.3, -0.25) is 9.36 Å². The Morgan fingerprint density at radius 1 is 1.30 bits per heavy atom. The molecule has 1 atom stereocenters. The Bertz CT molecular complexity index is 928. The summed E-state index contributed by atoms with van der Waals surface area (Å²) < 4.78 is 33.5. The molecule has 0 aliphatic carbocycles. The van der Waals surface area contributed by atoms with Crippen LogP contribution in [0, 0.1) is 5.92 Å². The molecule has 9 heteroatoms. The topological polar surface area (TPSA) is 102 Å². The second-order valence-electron chi connectivity index (χ2n) is 5.75. The lowest BCUT2D eigenvalue weighted by Crippen LogP contribution is -2.30. The molecule has 1 aliphatic heterocycles. The van der Waals surface area contributed by atoms with Gasteiger partial charge < -0.3 is 9.32 Å². The summed E-state index contributed by atoms with van der Waals surface area (Å²) >= 11 is 0. The number of hydrogen-bond acceptors (Lipinski definition) is 5. The molecule has 1 amide bonds. The second kappa shape index (κ2) is 5.50. The lowest BCUT2D eigenvalue weighted by Gasteiger charge is -2.11. The molecule has 2 aromatic rings. The summed E-state index contributed by atoms with van der Waals surface area (Å²) in [6, 6.07) is 4.28. The van der Waals surface area contributed by atoms with Gasteiger partial charge in [-0.05, 0) is 18.1 Å². The van der Waals surface area contributed by atoms with Gasteiger partial charge in [0.25, 0.3) is 0 Å². The van der Waals surface area contributed by atoms with Crippen LogP contribution in [0.2, 0.25) is 0 Å². The van der Waals surface area contributed by atoms with Crippen LogP contribution in [0.3, 0.4) is 0 Å². The Balaban J connectivity index is 1.79. The molecule has 0 saturated carbocycles. The number of aryl methyl sites for hydroxylation is 1. The standard InChI is InChI=1S/C14H17N3O5S/c1-16-8-9(5-13(16)18)7-15-23(20,21)10-3-4-11-12(6-10)22-14(19)17(11)2/h3-4,6,9,15H,5,7-8H2,1-2H3. The molecule has 1 aliphatic rings. The summed E-state index contributed by atoms with van der Waals surface area (Å²) in [6.45, 7) is 0.725. The van der Waals surface area contributed by atoms with Gasteiger partial charge in [0.1, 0.15) is 0 Å². The summed E-state index contributed by atoms with van der Waals surface area (Å²) in [5, 5.41) is 0. The van der Waals surface area contributed by atoms with Crippen LogP contribution in [-0.4, -0.2) is 43.9 Å². The molecule has 1 N–H and O–H groups in total. The molecule has 1 aromatic heterocycles. The Morgan fingerprint density at radius 3 is 2.70 bits per heavy atom. The minimum atomic E-state index is -3.73. The van der Waals surface area contributed by atoms with Gasteiger partial charge in [-0.25, -0.2) is 17.9 Å². The number of benzene rings is 1. The molecule has 1 fully saturated rings. The lowest BCUT2D eigenvalue weighted by atomic mass is 10.1. The summed E-state index contributed by atoms with van der Waals surface area (Å²) in [5.74, 6) is -0.572. The van der Waals surface area contributed by atoms with Gasteiger partial charge in [0.15, 0.2) is 5.58 Å². The highest BCUT2D eigenvalue weighted by Gasteiger charge is 2.28. The first-order chi connectivity index (χ1) is 10.8. The normalized spacial score (nSPS) is 19.0. The number of fused-ring (bicyclic) bond motifs is 1. The van der Waals surface area contributed by atoms with Crippen molar-refractivity contribution >= 4 is 27.0 Å². The zero-order valence-corrected chi connectivity index (χ0v) is 13.6. The first-order valence-corrected chi connectivity index (χ1v) is 8.59. The van der Waals surface area contributed by atoms with Crippen molar-refractivity contribution in [3.63, 3.8) is 0 Å². The third kappa shape index (κ3) is 2.89. The number of nitrogens with zero attached hydrogens (tertiary/aromatic N) is 2. The molecule has 0 radical (unpaired) electrons. The zero-order chi connectivity index (χ0) is 16.8. The molecule has 124 valence electrons. The molecular formula is C14H17N3O5S. The van der Waals surface area contributed by atoms with E-state index in [1.807, 2.05) is 0 Å². The first kappa shape index (κ1) is 15.8. The van der Waals surface area contributed by atoms with Crippen LogP contribution in [-0.2, 0) is 21.9 Å². The number of nitrogens with one attached hydrogen (secondary N) is 1. The van der Waals surface area contributed by atoms with E-state index in [1.165, 1.54) is 22.8 Å². The number of oxazole rings is 1. The summed E-state index contributed by atoms with van der Waals surface area (Å²) in [5.41, 5.74) is 0.744. The van der Waals surface area contributed by atoms with E-state index in [0.717, 1.165) is 0 Å². The zero-order valence-electron chi connectivity index (χ0n) is 12.8. The fourth-order valence-electron chi connectivity index (χ4n) is 2.69. The summed E-state index contributed by atoms with van der Waals surface area (Å²) in [7, 11) is -0.482. The highest BCUT2D eigenvalue weighted by atomic mass is 32.2. The monoisotopic (exact) mass is 339 g/mol. The van der Waals surface area contributed by atoms with Gasteiger partial charge in [0, 0.05) is 39.7 Å². The van der Waals surface area contributed by atoms with E-state index in [2.05, 4.69) is 4.72 Å². The van der Waals surface area contributed by atoms with Gasteiger partial charge >= 0.3 is 5.76 Å². The fraction of sp³-hybridized carbons (Fsp3) is 0.429. The van der Waals surface area contributed by atoms with Crippen LogP contribution in [0.5, 0.6) is 0 Å². The van der Waals surface area contributed by atoms with E-state index in [4.69, 9.17) is 4.42 Å². The third-order valence-electron chi connectivity index (χ3n) is 4.06. The van der Waals surface area contributed by atoms with Crippen molar-refractivity contribution in [3.05, 3.63) is 28.7 Å². The quantitative estimate of drug-likeness (QED) is 0.837. The lowest BCUT2D eigenvalue weighted by molar-refractivity contribution is -0.126. The van der Waals surface area contributed by atoms with Gasteiger partial charge in [-0.15, -0.1) is 0 Å². The van der Waals surface area contributed by atoms with Crippen LogP contribution in [0.4, 0.5) is 0 Å². The smallest absolute Gasteiger partial charge is 0.408 e. The molecule has 23 heavy (non-hydrogen) atoms. The number of rotatable bonds is 4. The third-order valence-corrected chi connectivity index (χ3v) is 5.48. The molecule has 1 unspecified atom stereocenters. The largest absolute Gasteiger partial charge is 0.419 e. The molecule has 8 nitrogen and oxygen atoms in total. The van der Waals surface area contributed by atoms with Crippen molar-refractivity contribution in [2.24, 2.45) is 13.0 Å². The highest BCUT2D eigenvalue weighted by Crippen LogP contribution is 2.19. The number of likely N-dealkylation sites (tertiary alicyclic amines) is 1. The number of carbonyl (C=O) groups excluding carboxylic acids is 1. The predicted molar refractivity (Wildman–Crippen MR) is 82.4 cm³/mol. The van der Waals surface area contributed by atoms with E-state index in [9.17, 15) is 18.0 Å². The van der Waals surface area contributed by atoms with E-state index in [0.29, 0.717) is 18.5 Å². The van der Waals surface area contributed by atoms with Crippen molar-refractivity contribution in [2.45, 2.75) is 11.3 Å². The molecule has 1 aromatic carbocycles. The van der Waals surface area contributed by atoms with E-state index >= 15 is 0 Å². The van der Waals surface area contributed by atoms with Crippen molar-refractivity contribution in [2.75, 3.05) is 20.1 Å². The van der Waals surface area contributed by atoms with E-state index in [-0.39, 0.29) is 28.8 Å². The summed E-state index contributed by atoms with van der Waals surface area (Å²) in [6.07, 6.45) is 0.339. The Kier molecular flexibility index (Phi) is 3.77. The average Bonchev–Trinajstić information content (AvgIpc) is 2.97. The highest BCUT2D eigenvalue weighted by molar-refractivity contribution is 7.89. The number of carbonyl (C=O) groups is 1. The van der Waals surface area contributed by atoms with Crippen molar-refractivity contribution in [3.8, 4) is 0 Å². The summed E-state index contributed by atoms with van der Waals surface area (Å²) in [4.78, 5) is 24.5. The Labute approximate surface area is 132 Å². The molecular weight excluding hydrogens is 322 g/mol. The Hall–Kier alpha value is -2.13. The maximum absolute atomic E-state index is 12.4. The van der Waals surface area contributed by atoms with Crippen molar-refractivity contribution in [1.29, 1.82) is 0 Å². The number of amides is 1. The van der Waals surface area contributed by atoms with Crippen LogP contribution in [0.1, 0.15) is 6.42 Å². The van der Waals surface area contributed by atoms with Crippen LogP contribution >= 0.6 is 0 Å². The number of hydrogen-bond donors (Lipinski definition) is 1. The minimum Gasteiger partial charge on any atom is -0.408 e. The molecule has 0 spiro atoms. The van der Waals surface area contributed by atoms with Gasteiger partial charge in [0.05, 0.1) is 10.4 Å². The van der Waals surface area contributed by atoms with Gasteiger partial charge in [-0.1, -0.05) is 0 Å². The van der Waals surface area contributed by atoms with E-state index < -0.39 is 15.8 Å². The van der Waals surface area contributed by atoms with Crippen LogP contribution in [0.15, 0.2) is 32.3 Å². The fourth-order valence-corrected chi connectivity index (χ4v) is 3.82. The van der Waals surface area contributed by atoms with Gasteiger partial charge in [0.2, 0.25) is 15.9 Å². The van der Waals surface area contributed by atoms with Gasteiger partial charge in [-0.2, -0.15) is 0 Å². The SMILES string of the molecule is CN1CC(CNS(=O)(=O)c2ccc3c(c2)oc(=O)n3C)CC1=O. The number of sulfonamides is 1. The Morgan fingerprint density at radius 2 is 2.04 bits per heavy atom. The maximum atomic E-state index is 12.4. The average molecular weight is 339 g/mol. The molecule has 1 saturated heterocycles. The predicted octanol–water partition coefficient (Wildman–Crippen LogP) is -0.112. The number of aromatic nitrogens is 1. The maximum Gasteiger partial charge on any atom is 0.419 e. The van der Waals surface area contributed by atoms with Crippen LogP contribution < -0.4 is 10.5 Å². The molecule has 2 heterocycles. The van der Waals surface area contributed by atoms with Crippen molar-refractivity contribution in [1.82, 2.24) is 14.2 Å². The first-order valence-electron chi connectivity index (χ1n) is 7.11. The van der Waals surface area contributed by atoms with Crippen LogP contribution in [0.25, 0.3) is 11.1 Å². The second-order valence-corrected chi connectivity index (χ2v) is 7.52. The van der Waals surface area contributed by atoms with E-state index in [1.54, 1.807) is 19.0 Å².